The van der Waals surface area contributed by atoms with Gasteiger partial charge in [-0.2, -0.15) is 0 Å². The molecule has 31 heavy (non-hydrogen) atoms. The number of sulfonamides is 1. The SMILES string of the molecule is CC(C(=O)Nc1ccc(Cl)c(S(=O)(=O)N(C)C)c1)N1CCN(c2ccc(O)cc2)CC1. The van der Waals surface area contributed by atoms with Gasteiger partial charge in [-0.25, -0.2) is 12.7 Å². The molecular formula is C21H27ClN4O4S. The van der Waals surface area contributed by atoms with Crippen molar-refractivity contribution in [1.29, 1.82) is 0 Å². The number of hydrogen-bond donors (Lipinski definition) is 2. The van der Waals surface area contributed by atoms with Gasteiger partial charge in [0.15, 0.2) is 0 Å². The molecule has 0 aromatic heterocycles. The molecule has 1 aliphatic heterocycles. The van der Waals surface area contributed by atoms with Crippen molar-refractivity contribution in [2.45, 2.75) is 17.9 Å². The highest BCUT2D eigenvalue weighted by atomic mass is 35.5. The number of halogens is 1. The summed E-state index contributed by atoms with van der Waals surface area (Å²) >= 11 is 6.07. The number of benzene rings is 2. The van der Waals surface area contributed by atoms with Gasteiger partial charge in [0.1, 0.15) is 10.6 Å². The molecule has 8 nitrogen and oxygen atoms in total. The van der Waals surface area contributed by atoms with Crippen LogP contribution in [0.5, 0.6) is 5.75 Å². The number of nitrogens with zero attached hydrogens (tertiary/aromatic N) is 3. The Balaban J connectivity index is 1.63. The molecule has 1 heterocycles. The maximum Gasteiger partial charge on any atom is 0.244 e. The van der Waals surface area contributed by atoms with Crippen molar-refractivity contribution < 1.29 is 18.3 Å². The summed E-state index contributed by atoms with van der Waals surface area (Å²) in [5.74, 6) is 0.0185. The monoisotopic (exact) mass is 466 g/mol. The van der Waals surface area contributed by atoms with Crippen molar-refractivity contribution in [3.8, 4) is 5.75 Å². The van der Waals surface area contributed by atoms with Gasteiger partial charge < -0.3 is 15.3 Å². The molecule has 1 unspecified atom stereocenters. The summed E-state index contributed by atoms with van der Waals surface area (Å²) in [6.45, 7) is 4.76. The van der Waals surface area contributed by atoms with E-state index in [4.69, 9.17) is 11.6 Å². The average Bonchev–Trinajstić information content (AvgIpc) is 2.75. The van der Waals surface area contributed by atoms with Gasteiger partial charge in [0.05, 0.1) is 11.1 Å². The van der Waals surface area contributed by atoms with Gasteiger partial charge in [0.25, 0.3) is 0 Å². The topological polar surface area (TPSA) is 93.2 Å². The van der Waals surface area contributed by atoms with Gasteiger partial charge in [-0.1, -0.05) is 11.6 Å². The molecule has 2 N–H and O–H groups in total. The van der Waals surface area contributed by atoms with Gasteiger partial charge in [0, 0.05) is 51.6 Å². The second-order valence-corrected chi connectivity index (χ2v) is 10.2. The Morgan fingerprint density at radius 1 is 1.10 bits per heavy atom. The predicted molar refractivity (Wildman–Crippen MR) is 122 cm³/mol. The van der Waals surface area contributed by atoms with Crippen LogP contribution in [-0.4, -0.2) is 75.0 Å². The van der Waals surface area contributed by atoms with Crippen LogP contribution in [0.3, 0.4) is 0 Å². The Morgan fingerprint density at radius 2 is 1.71 bits per heavy atom. The van der Waals surface area contributed by atoms with E-state index >= 15 is 0 Å². The van der Waals surface area contributed by atoms with E-state index in [9.17, 15) is 18.3 Å². The summed E-state index contributed by atoms with van der Waals surface area (Å²) in [6.07, 6.45) is 0. The molecule has 1 fully saturated rings. The molecule has 2 aromatic rings. The number of phenols is 1. The summed E-state index contributed by atoms with van der Waals surface area (Å²) in [6, 6.07) is 11.1. The second-order valence-electron chi connectivity index (χ2n) is 7.64. The van der Waals surface area contributed by atoms with Crippen molar-refractivity contribution in [2.75, 3.05) is 50.5 Å². The third-order valence-corrected chi connectivity index (χ3v) is 7.71. The molecule has 2 aromatic carbocycles. The van der Waals surface area contributed by atoms with Crippen molar-refractivity contribution in [3.05, 3.63) is 47.5 Å². The molecule has 1 amide bonds. The maximum atomic E-state index is 12.8. The Kier molecular flexibility index (Phi) is 7.10. The standard InChI is InChI=1S/C21H27ClN4O4S/c1-15(25-10-12-26(13-11-25)17-5-7-18(27)8-6-17)21(28)23-16-4-9-19(22)20(14-16)31(29,30)24(2)3/h4-9,14-15,27H,10-13H2,1-3H3,(H,23,28). The van der Waals surface area contributed by atoms with Crippen LogP contribution >= 0.6 is 11.6 Å². The number of hydrogen-bond acceptors (Lipinski definition) is 6. The Hall–Kier alpha value is -2.33. The minimum Gasteiger partial charge on any atom is -0.508 e. The van der Waals surface area contributed by atoms with Crippen molar-refractivity contribution >= 4 is 38.9 Å². The predicted octanol–water partition coefficient (Wildman–Crippen LogP) is 2.45. The first-order chi connectivity index (χ1) is 14.6. The number of rotatable bonds is 6. The average molecular weight is 467 g/mol. The molecular weight excluding hydrogens is 440 g/mol. The smallest absolute Gasteiger partial charge is 0.244 e. The Morgan fingerprint density at radius 3 is 2.29 bits per heavy atom. The van der Waals surface area contributed by atoms with E-state index in [1.807, 2.05) is 19.1 Å². The molecule has 1 atom stereocenters. The minimum atomic E-state index is -3.72. The lowest BCUT2D eigenvalue weighted by Gasteiger charge is -2.38. The van der Waals surface area contributed by atoms with Crippen LogP contribution in [0.15, 0.2) is 47.4 Å². The van der Waals surface area contributed by atoms with E-state index in [1.165, 1.54) is 26.2 Å². The number of piperazine rings is 1. The second kappa shape index (κ2) is 9.44. The first-order valence-electron chi connectivity index (χ1n) is 9.90. The molecule has 10 heteroatoms. The van der Waals surface area contributed by atoms with Crippen LogP contribution in [0.25, 0.3) is 0 Å². The van der Waals surface area contributed by atoms with E-state index in [2.05, 4.69) is 15.1 Å². The number of anilines is 2. The van der Waals surface area contributed by atoms with Crippen LogP contribution in [-0.2, 0) is 14.8 Å². The Labute approximate surface area is 188 Å². The maximum absolute atomic E-state index is 12.8. The summed E-state index contributed by atoms with van der Waals surface area (Å²) in [5, 5.41) is 12.3. The van der Waals surface area contributed by atoms with E-state index in [0.29, 0.717) is 18.8 Å². The lowest BCUT2D eigenvalue weighted by molar-refractivity contribution is -0.120. The number of amides is 1. The van der Waals surface area contributed by atoms with Gasteiger partial charge in [-0.3, -0.25) is 9.69 Å². The van der Waals surface area contributed by atoms with Crippen LogP contribution < -0.4 is 10.2 Å². The zero-order valence-electron chi connectivity index (χ0n) is 17.7. The highest BCUT2D eigenvalue weighted by Crippen LogP contribution is 2.27. The summed E-state index contributed by atoms with van der Waals surface area (Å²) in [7, 11) is -0.869. The normalized spacial score (nSPS) is 16.4. The van der Waals surface area contributed by atoms with Crippen LogP contribution in [0.1, 0.15) is 6.92 Å². The van der Waals surface area contributed by atoms with Crippen molar-refractivity contribution in [3.63, 3.8) is 0 Å². The molecule has 0 saturated carbocycles. The molecule has 0 aliphatic carbocycles. The number of carbonyl (C=O) groups is 1. The minimum absolute atomic E-state index is 0.0490. The fraction of sp³-hybridized carbons (Fsp3) is 0.381. The Bertz CT molecular complexity index is 1040. The third-order valence-electron chi connectivity index (χ3n) is 5.41. The summed E-state index contributed by atoms with van der Waals surface area (Å²) in [4.78, 5) is 17.0. The molecule has 1 aliphatic rings. The molecule has 3 rings (SSSR count). The highest BCUT2D eigenvalue weighted by molar-refractivity contribution is 7.89. The van der Waals surface area contributed by atoms with Crippen LogP contribution in [0, 0.1) is 0 Å². The summed E-state index contributed by atoms with van der Waals surface area (Å²) < 4.78 is 26.0. The van der Waals surface area contributed by atoms with Crippen molar-refractivity contribution in [2.24, 2.45) is 0 Å². The van der Waals surface area contributed by atoms with Crippen LogP contribution in [0.4, 0.5) is 11.4 Å². The fourth-order valence-electron chi connectivity index (χ4n) is 3.42. The van der Waals surface area contributed by atoms with E-state index in [0.717, 1.165) is 23.1 Å². The van der Waals surface area contributed by atoms with Gasteiger partial charge in [0.2, 0.25) is 15.9 Å². The summed E-state index contributed by atoms with van der Waals surface area (Å²) in [5.41, 5.74) is 1.41. The van der Waals surface area contributed by atoms with Crippen molar-refractivity contribution in [1.82, 2.24) is 9.21 Å². The highest BCUT2D eigenvalue weighted by Gasteiger charge is 2.27. The van der Waals surface area contributed by atoms with Gasteiger partial charge in [-0.05, 0) is 49.4 Å². The van der Waals surface area contributed by atoms with E-state index in [1.54, 1.807) is 18.2 Å². The first kappa shape index (κ1) is 23.3. The third kappa shape index (κ3) is 5.30. The number of phenolic OH excluding ortho intramolecular Hbond substituents is 1. The first-order valence-corrected chi connectivity index (χ1v) is 11.7. The molecule has 0 radical (unpaired) electrons. The lowest BCUT2D eigenvalue weighted by atomic mass is 10.2. The number of carbonyl (C=O) groups excluding carboxylic acids is 1. The molecule has 0 spiro atoms. The van der Waals surface area contributed by atoms with E-state index in [-0.39, 0.29) is 27.6 Å². The van der Waals surface area contributed by atoms with E-state index < -0.39 is 10.0 Å². The largest absolute Gasteiger partial charge is 0.508 e. The number of nitrogens with one attached hydrogen (secondary N) is 1. The zero-order valence-corrected chi connectivity index (χ0v) is 19.3. The van der Waals surface area contributed by atoms with Gasteiger partial charge >= 0.3 is 0 Å². The molecule has 1 saturated heterocycles. The fourth-order valence-corrected chi connectivity index (χ4v) is 4.81. The molecule has 168 valence electrons. The lowest BCUT2D eigenvalue weighted by Crippen LogP contribution is -2.52. The van der Waals surface area contributed by atoms with Gasteiger partial charge in [-0.15, -0.1) is 0 Å². The zero-order chi connectivity index (χ0) is 22.8. The number of aromatic hydroxyl groups is 1. The van der Waals surface area contributed by atoms with Crippen LogP contribution in [0.2, 0.25) is 5.02 Å². The molecule has 0 bridgehead atoms. The quantitative estimate of drug-likeness (QED) is 0.679.